The Kier molecular flexibility index (Phi) is 3.73. The highest BCUT2D eigenvalue weighted by molar-refractivity contribution is 6.42. The lowest BCUT2D eigenvalue weighted by molar-refractivity contribution is 0.195. The van der Waals surface area contributed by atoms with Crippen molar-refractivity contribution in [3.63, 3.8) is 0 Å². The number of rotatable bonds is 2. The summed E-state index contributed by atoms with van der Waals surface area (Å²) in [6.45, 7) is 2.98. The van der Waals surface area contributed by atoms with E-state index in [0.717, 1.165) is 19.4 Å². The van der Waals surface area contributed by atoms with Crippen LogP contribution in [0.3, 0.4) is 0 Å². The fraction of sp³-hybridized carbons (Fsp3) is 0.364. The van der Waals surface area contributed by atoms with Gasteiger partial charge in [-0.3, -0.25) is 0 Å². The first-order valence-corrected chi connectivity index (χ1v) is 5.70. The zero-order chi connectivity index (χ0) is 10.7. The van der Waals surface area contributed by atoms with E-state index in [9.17, 15) is 0 Å². The minimum Gasteiger partial charge on any atom is -0.487 e. The van der Waals surface area contributed by atoms with E-state index in [4.69, 9.17) is 27.9 Å². The molecule has 0 amide bonds. The Balaban J connectivity index is 2.06. The van der Waals surface area contributed by atoms with Crippen molar-refractivity contribution in [1.82, 2.24) is 5.32 Å². The summed E-state index contributed by atoms with van der Waals surface area (Å²) < 4.78 is 5.73. The molecule has 0 spiro atoms. The summed E-state index contributed by atoms with van der Waals surface area (Å²) in [5.41, 5.74) is 0. The number of benzene rings is 1. The van der Waals surface area contributed by atoms with Crippen LogP contribution in [0, 0.1) is 6.54 Å². The summed E-state index contributed by atoms with van der Waals surface area (Å²) in [6.07, 6.45) is 2.20. The SMILES string of the molecule is Clc1cccc(OC2[CH]NCCC2)c1Cl. The van der Waals surface area contributed by atoms with Crippen LogP contribution >= 0.6 is 23.2 Å². The average molecular weight is 245 g/mol. The third-order valence-electron chi connectivity index (χ3n) is 2.31. The first kappa shape index (κ1) is 11.1. The van der Waals surface area contributed by atoms with E-state index in [1.807, 2.05) is 18.7 Å². The highest BCUT2D eigenvalue weighted by Crippen LogP contribution is 2.32. The Morgan fingerprint density at radius 2 is 2.20 bits per heavy atom. The van der Waals surface area contributed by atoms with Crippen LogP contribution < -0.4 is 10.1 Å². The highest BCUT2D eigenvalue weighted by atomic mass is 35.5. The summed E-state index contributed by atoms with van der Waals surface area (Å²) in [5.74, 6) is 0.647. The average Bonchev–Trinajstić information content (AvgIpc) is 2.26. The van der Waals surface area contributed by atoms with Gasteiger partial charge in [-0.25, -0.2) is 0 Å². The van der Waals surface area contributed by atoms with Gasteiger partial charge in [-0.1, -0.05) is 29.3 Å². The summed E-state index contributed by atoms with van der Waals surface area (Å²) in [4.78, 5) is 0. The van der Waals surface area contributed by atoms with Crippen molar-refractivity contribution in [1.29, 1.82) is 0 Å². The maximum absolute atomic E-state index is 6.02. The van der Waals surface area contributed by atoms with E-state index in [1.54, 1.807) is 6.07 Å². The highest BCUT2D eigenvalue weighted by Gasteiger charge is 2.16. The second-order valence-corrected chi connectivity index (χ2v) is 4.26. The molecule has 1 aromatic carbocycles. The molecule has 1 saturated heterocycles. The van der Waals surface area contributed by atoms with Gasteiger partial charge in [0.05, 0.1) is 11.6 Å². The number of piperidine rings is 1. The maximum Gasteiger partial charge on any atom is 0.139 e. The van der Waals surface area contributed by atoms with Crippen LogP contribution in [0.25, 0.3) is 0 Å². The summed E-state index contributed by atoms with van der Waals surface area (Å²) >= 11 is 11.9. The summed E-state index contributed by atoms with van der Waals surface area (Å²) in [7, 11) is 0. The molecule has 1 radical (unpaired) electrons. The topological polar surface area (TPSA) is 21.3 Å². The molecule has 0 aromatic heterocycles. The summed E-state index contributed by atoms with van der Waals surface area (Å²) in [5, 5.41) is 4.17. The number of nitrogens with one attached hydrogen (secondary N) is 1. The van der Waals surface area contributed by atoms with Crippen LogP contribution in [0.1, 0.15) is 12.8 Å². The van der Waals surface area contributed by atoms with Crippen LogP contribution in [-0.2, 0) is 0 Å². The third-order valence-corrected chi connectivity index (χ3v) is 3.11. The van der Waals surface area contributed by atoms with Crippen molar-refractivity contribution < 1.29 is 4.74 Å². The van der Waals surface area contributed by atoms with Crippen molar-refractivity contribution >= 4 is 23.2 Å². The smallest absolute Gasteiger partial charge is 0.139 e. The molecule has 0 saturated carbocycles. The Labute approximate surface area is 99.5 Å². The van der Waals surface area contributed by atoms with E-state index in [2.05, 4.69) is 5.32 Å². The second kappa shape index (κ2) is 5.06. The predicted octanol–water partition coefficient (Wildman–Crippen LogP) is 3.29. The van der Waals surface area contributed by atoms with Gasteiger partial charge in [0, 0.05) is 0 Å². The Morgan fingerprint density at radius 1 is 1.33 bits per heavy atom. The molecule has 0 aliphatic carbocycles. The third kappa shape index (κ3) is 2.77. The lowest BCUT2D eigenvalue weighted by atomic mass is 10.1. The first-order valence-electron chi connectivity index (χ1n) is 4.95. The number of halogens is 2. The standard InChI is InChI=1S/C11H12Cl2NO/c12-9-4-1-5-10(11(9)13)15-8-3-2-6-14-7-8/h1,4-5,7-8,14H,2-3,6H2. The number of ether oxygens (including phenoxy) is 1. The van der Waals surface area contributed by atoms with Gasteiger partial charge in [-0.05, 0) is 31.5 Å². The zero-order valence-corrected chi connectivity index (χ0v) is 9.68. The van der Waals surface area contributed by atoms with Crippen molar-refractivity contribution in [2.45, 2.75) is 18.9 Å². The van der Waals surface area contributed by atoms with Crippen LogP contribution in [0.5, 0.6) is 5.75 Å². The normalized spacial score (nSPS) is 21.3. The molecule has 4 heteroatoms. The van der Waals surface area contributed by atoms with Crippen LogP contribution in [0.2, 0.25) is 10.0 Å². The quantitative estimate of drug-likeness (QED) is 0.863. The van der Waals surface area contributed by atoms with Gasteiger partial charge in [0.15, 0.2) is 0 Å². The molecule has 1 heterocycles. The van der Waals surface area contributed by atoms with E-state index in [0.29, 0.717) is 15.8 Å². The van der Waals surface area contributed by atoms with E-state index in [-0.39, 0.29) is 6.10 Å². The fourth-order valence-corrected chi connectivity index (χ4v) is 1.87. The van der Waals surface area contributed by atoms with Gasteiger partial charge >= 0.3 is 0 Å². The Bertz CT molecular complexity index is 337. The molecule has 1 fully saturated rings. The molecule has 2 rings (SSSR count). The van der Waals surface area contributed by atoms with E-state index in [1.165, 1.54) is 0 Å². The lowest BCUT2D eigenvalue weighted by Gasteiger charge is -2.23. The minimum atomic E-state index is 0.0784. The van der Waals surface area contributed by atoms with Gasteiger partial charge in [0.1, 0.15) is 16.9 Å². The molecule has 1 atom stereocenters. The van der Waals surface area contributed by atoms with Crippen molar-refractivity contribution in [2.75, 3.05) is 6.54 Å². The Hall–Kier alpha value is -0.440. The van der Waals surface area contributed by atoms with E-state index < -0.39 is 0 Å². The molecule has 2 nitrogen and oxygen atoms in total. The fourth-order valence-electron chi connectivity index (χ4n) is 1.53. The van der Waals surface area contributed by atoms with Crippen molar-refractivity contribution in [3.05, 3.63) is 34.8 Å². The maximum atomic E-state index is 6.02. The molecule has 1 aliphatic rings. The molecule has 0 bridgehead atoms. The van der Waals surface area contributed by atoms with Gasteiger partial charge in [0.25, 0.3) is 0 Å². The first-order chi connectivity index (χ1) is 7.27. The van der Waals surface area contributed by atoms with Gasteiger partial charge in [0.2, 0.25) is 0 Å². The van der Waals surface area contributed by atoms with Gasteiger partial charge < -0.3 is 10.1 Å². The number of hydrogen-bond acceptors (Lipinski definition) is 2. The van der Waals surface area contributed by atoms with Crippen LogP contribution in [-0.4, -0.2) is 12.6 Å². The molecule has 15 heavy (non-hydrogen) atoms. The second-order valence-electron chi connectivity index (χ2n) is 3.47. The van der Waals surface area contributed by atoms with Gasteiger partial charge in [-0.15, -0.1) is 0 Å². The van der Waals surface area contributed by atoms with Crippen LogP contribution in [0.4, 0.5) is 0 Å². The van der Waals surface area contributed by atoms with E-state index >= 15 is 0 Å². The summed E-state index contributed by atoms with van der Waals surface area (Å²) in [6, 6.07) is 5.41. The lowest BCUT2D eigenvalue weighted by Crippen LogP contribution is -2.32. The molecular formula is C11H12Cl2NO. The monoisotopic (exact) mass is 244 g/mol. The number of hydrogen-bond donors (Lipinski definition) is 1. The molecule has 1 aliphatic heterocycles. The molecular weight excluding hydrogens is 233 g/mol. The van der Waals surface area contributed by atoms with Crippen molar-refractivity contribution in [2.24, 2.45) is 0 Å². The molecule has 1 aromatic rings. The largest absolute Gasteiger partial charge is 0.487 e. The zero-order valence-electron chi connectivity index (χ0n) is 8.17. The molecule has 1 unspecified atom stereocenters. The minimum absolute atomic E-state index is 0.0784. The molecule has 1 N–H and O–H groups in total. The van der Waals surface area contributed by atoms with Crippen LogP contribution in [0.15, 0.2) is 18.2 Å². The van der Waals surface area contributed by atoms with Gasteiger partial charge in [-0.2, -0.15) is 0 Å². The predicted molar refractivity (Wildman–Crippen MR) is 62.4 cm³/mol. The Morgan fingerprint density at radius 3 is 2.93 bits per heavy atom. The molecule has 81 valence electrons. The van der Waals surface area contributed by atoms with Crippen molar-refractivity contribution in [3.8, 4) is 5.75 Å².